The van der Waals surface area contributed by atoms with E-state index in [4.69, 9.17) is 4.98 Å². The Morgan fingerprint density at radius 3 is 2.47 bits per heavy atom. The average molecular weight is 406 g/mol. The van der Waals surface area contributed by atoms with Crippen molar-refractivity contribution in [1.82, 2.24) is 14.9 Å². The van der Waals surface area contributed by atoms with Gasteiger partial charge in [-0.25, -0.2) is 9.97 Å². The zero-order chi connectivity index (χ0) is 21.1. The van der Waals surface area contributed by atoms with E-state index in [0.29, 0.717) is 44.0 Å². The Kier molecular flexibility index (Phi) is 5.81. The van der Waals surface area contributed by atoms with E-state index in [1.54, 1.807) is 23.1 Å². The molecule has 0 spiro atoms. The maximum absolute atomic E-state index is 12.4. The highest BCUT2D eigenvalue weighted by Crippen LogP contribution is 2.31. The molecule has 0 aliphatic carbocycles. The molecule has 1 amide bonds. The van der Waals surface area contributed by atoms with Gasteiger partial charge in [0.15, 0.2) is 5.82 Å². The summed E-state index contributed by atoms with van der Waals surface area (Å²) in [5, 5.41) is 21.2. The summed E-state index contributed by atoms with van der Waals surface area (Å²) in [6.07, 6.45) is 0.336. The lowest BCUT2D eigenvalue weighted by molar-refractivity contribution is -0.140. The van der Waals surface area contributed by atoms with Gasteiger partial charge in [-0.15, -0.1) is 0 Å². The molecule has 2 heterocycles. The number of carbonyl (C=O) groups excluding carboxylic acids is 1. The Balaban J connectivity index is 1.63. The van der Waals surface area contributed by atoms with Crippen molar-refractivity contribution in [3.05, 3.63) is 48.5 Å². The van der Waals surface area contributed by atoms with Crippen LogP contribution in [0.15, 0.2) is 48.5 Å². The highest BCUT2D eigenvalue weighted by atomic mass is 16.3. The molecule has 1 atom stereocenters. The number of benzene rings is 2. The Morgan fingerprint density at radius 1 is 1.03 bits per heavy atom. The molecule has 0 bridgehead atoms. The van der Waals surface area contributed by atoms with Gasteiger partial charge in [0.05, 0.1) is 11.1 Å². The third-order valence-corrected chi connectivity index (χ3v) is 5.47. The minimum atomic E-state index is -0.922. The Bertz CT molecular complexity index is 1050. The third-order valence-electron chi connectivity index (χ3n) is 5.47. The predicted molar refractivity (Wildman–Crippen MR) is 116 cm³/mol. The smallest absolute Gasteiger partial charge is 0.251 e. The minimum absolute atomic E-state index is 0.138. The third kappa shape index (κ3) is 3.93. The van der Waals surface area contributed by atoms with Crippen LogP contribution in [0.25, 0.3) is 22.3 Å². The summed E-state index contributed by atoms with van der Waals surface area (Å²) in [6, 6.07) is 14.8. The fraction of sp³-hybridized carbons (Fsp3) is 0.348. The van der Waals surface area contributed by atoms with Gasteiger partial charge in [0.1, 0.15) is 17.7 Å². The lowest BCUT2D eigenvalue weighted by atomic mass is 10.1. The molecule has 1 fully saturated rings. The molecule has 3 aromatic rings. The maximum atomic E-state index is 12.4. The lowest BCUT2D eigenvalue weighted by Crippen LogP contribution is -2.51. The first kappa shape index (κ1) is 20.1. The molecule has 1 saturated heterocycles. The van der Waals surface area contributed by atoms with Crippen LogP contribution in [-0.4, -0.2) is 63.3 Å². The van der Waals surface area contributed by atoms with Gasteiger partial charge >= 0.3 is 0 Å². The van der Waals surface area contributed by atoms with E-state index in [2.05, 4.69) is 9.88 Å². The minimum Gasteiger partial charge on any atom is -0.507 e. The van der Waals surface area contributed by atoms with Crippen molar-refractivity contribution < 1.29 is 15.0 Å². The van der Waals surface area contributed by atoms with E-state index in [0.717, 1.165) is 23.1 Å². The number of nitrogens with zero attached hydrogens (tertiary/aromatic N) is 4. The summed E-state index contributed by atoms with van der Waals surface area (Å²) in [5.74, 6) is 1.21. The van der Waals surface area contributed by atoms with Gasteiger partial charge in [0, 0.05) is 31.6 Å². The van der Waals surface area contributed by atoms with Gasteiger partial charge in [-0.2, -0.15) is 0 Å². The topological polar surface area (TPSA) is 89.8 Å². The molecule has 4 rings (SSSR count). The van der Waals surface area contributed by atoms with Gasteiger partial charge in [-0.05, 0) is 30.7 Å². The standard InChI is InChI=1S/C23H26N4O3/c1-2-7-20(29)23(30)27-14-12-26(13-15-27)22-16-8-3-5-10-18(16)24-21(25-22)17-9-4-6-11-19(17)28/h3-6,8-11,20,28-29H,2,7,12-15H2,1H3. The Labute approximate surface area is 175 Å². The monoisotopic (exact) mass is 406 g/mol. The number of hydrogen-bond acceptors (Lipinski definition) is 6. The van der Waals surface area contributed by atoms with E-state index in [1.165, 1.54) is 0 Å². The first-order chi connectivity index (χ1) is 14.6. The molecular weight excluding hydrogens is 380 g/mol. The molecule has 0 saturated carbocycles. The number of piperazine rings is 1. The number of aromatic hydroxyl groups is 1. The highest BCUT2D eigenvalue weighted by Gasteiger charge is 2.27. The molecule has 156 valence electrons. The van der Waals surface area contributed by atoms with E-state index in [-0.39, 0.29) is 11.7 Å². The molecule has 1 aliphatic rings. The van der Waals surface area contributed by atoms with Gasteiger partial charge in [-0.1, -0.05) is 37.6 Å². The van der Waals surface area contributed by atoms with Crippen molar-refractivity contribution in [2.45, 2.75) is 25.9 Å². The maximum Gasteiger partial charge on any atom is 0.251 e. The second kappa shape index (κ2) is 8.67. The van der Waals surface area contributed by atoms with Crippen LogP contribution in [0.5, 0.6) is 5.75 Å². The van der Waals surface area contributed by atoms with Crippen molar-refractivity contribution in [1.29, 1.82) is 0 Å². The summed E-state index contributed by atoms with van der Waals surface area (Å²) in [6.45, 7) is 4.25. The second-order valence-electron chi connectivity index (χ2n) is 7.52. The second-order valence-corrected chi connectivity index (χ2v) is 7.52. The van der Waals surface area contributed by atoms with Gasteiger partial charge in [0.25, 0.3) is 5.91 Å². The molecule has 2 aromatic carbocycles. The first-order valence-electron chi connectivity index (χ1n) is 10.4. The summed E-state index contributed by atoms with van der Waals surface area (Å²) in [5.41, 5.74) is 1.39. The van der Waals surface area contributed by atoms with Crippen LogP contribution < -0.4 is 4.90 Å². The summed E-state index contributed by atoms with van der Waals surface area (Å²) >= 11 is 0. The van der Waals surface area contributed by atoms with Crippen LogP contribution in [-0.2, 0) is 4.79 Å². The number of aliphatic hydroxyl groups is 1. The number of rotatable bonds is 5. The van der Waals surface area contributed by atoms with Crippen LogP contribution >= 0.6 is 0 Å². The molecule has 1 aliphatic heterocycles. The van der Waals surface area contributed by atoms with Crippen LogP contribution in [0.4, 0.5) is 5.82 Å². The molecule has 1 aromatic heterocycles. The number of aromatic nitrogens is 2. The molecule has 7 nitrogen and oxygen atoms in total. The summed E-state index contributed by atoms with van der Waals surface area (Å²) in [4.78, 5) is 25.7. The number of fused-ring (bicyclic) bond motifs is 1. The van der Waals surface area contributed by atoms with Crippen LogP contribution in [0.1, 0.15) is 19.8 Å². The van der Waals surface area contributed by atoms with E-state index in [1.807, 2.05) is 37.3 Å². The quantitative estimate of drug-likeness (QED) is 0.677. The van der Waals surface area contributed by atoms with Crippen molar-refractivity contribution in [2.24, 2.45) is 0 Å². The normalized spacial score (nSPS) is 15.4. The fourth-order valence-corrected chi connectivity index (χ4v) is 3.83. The lowest BCUT2D eigenvalue weighted by Gasteiger charge is -2.36. The van der Waals surface area contributed by atoms with Gasteiger partial charge in [0.2, 0.25) is 0 Å². The van der Waals surface area contributed by atoms with Crippen LogP contribution in [0.2, 0.25) is 0 Å². The SMILES string of the molecule is CCCC(O)C(=O)N1CCN(c2nc(-c3ccccc3O)nc3ccccc23)CC1. The van der Waals surface area contributed by atoms with Crippen molar-refractivity contribution in [3.63, 3.8) is 0 Å². The molecule has 0 radical (unpaired) electrons. The van der Waals surface area contributed by atoms with Gasteiger partial charge < -0.3 is 20.0 Å². The number of amides is 1. The summed E-state index contributed by atoms with van der Waals surface area (Å²) in [7, 11) is 0. The number of phenolic OH excluding ortho intramolecular Hbond substituents is 1. The highest BCUT2D eigenvalue weighted by molar-refractivity contribution is 5.91. The predicted octanol–water partition coefficient (Wildman–Crippen LogP) is 2.81. The van der Waals surface area contributed by atoms with Crippen molar-refractivity contribution >= 4 is 22.6 Å². The number of phenols is 1. The van der Waals surface area contributed by atoms with E-state index < -0.39 is 6.10 Å². The molecule has 30 heavy (non-hydrogen) atoms. The number of carbonyl (C=O) groups is 1. The van der Waals surface area contributed by atoms with Crippen molar-refractivity contribution in [2.75, 3.05) is 31.1 Å². The van der Waals surface area contributed by atoms with E-state index in [9.17, 15) is 15.0 Å². The van der Waals surface area contributed by atoms with Crippen LogP contribution in [0.3, 0.4) is 0 Å². The number of hydrogen-bond donors (Lipinski definition) is 2. The number of aliphatic hydroxyl groups excluding tert-OH is 1. The van der Waals surface area contributed by atoms with Crippen LogP contribution in [0, 0.1) is 0 Å². The molecule has 1 unspecified atom stereocenters. The largest absolute Gasteiger partial charge is 0.507 e. The number of para-hydroxylation sites is 2. The number of anilines is 1. The molecule has 2 N–H and O–H groups in total. The van der Waals surface area contributed by atoms with E-state index >= 15 is 0 Å². The Hall–Kier alpha value is -3.19. The van der Waals surface area contributed by atoms with Gasteiger partial charge in [-0.3, -0.25) is 4.79 Å². The van der Waals surface area contributed by atoms with Crippen molar-refractivity contribution in [3.8, 4) is 17.1 Å². The average Bonchev–Trinajstić information content (AvgIpc) is 2.78. The Morgan fingerprint density at radius 2 is 1.73 bits per heavy atom. The summed E-state index contributed by atoms with van der Waals surface area (Å²) < 4.78 is 0. The zero-order valence-corrected chi connectivity index (χ0v) is 17.0. The molecule has 7 heteroatoms. The molecular formula is C23H26N4O3. The first-order valence-corrected chi connectivity index (χ1v) is 10.4. The fourth-order valence-electron chi connectivity index (χ4n) is 3.83. The zero-order valence-electron chi connectivity index (χ0n) is 17.0.